The number of nitrogens with two attached hydrogens (primary N) is 1. The van der Waals surface area contributed by atoms with Gasteiger partial charge in [-0.2, -0.15) is 8.42 Å². The van der Waals surface area contributed by atoms with Crippen molar-refractivity contribution < 1.29 is 17.5 Å². The van der Waals surface area contributed by atoms with E-state index in [1.165, 1.54) is 23.8 Å². The van der Waals surface area contributed by atoms with Gasteiger partial charge in [0.15, 0.2) is 11.6 Å². The first-order valence-corrected chi connectivity index (χ1v) is 13.1. The van der Waals surface area contributed by atoms with Crippen molar-refractivity contribution >= 4 is 15.2 Å². The minimum absolute atomic E-state index is 0.0218. The molecule has 38 heavy (non-hydrogen) atoms. The van der Waals surface area contributed by atoms with Crippen molar-refractivity contribution in [2.75, 3.05) is 7.11 Å². The average molecular weight is 533 g/mol. The van der Waals surface area contributed by atoms with Gasteiger partial charge in [0.05, 0.1) is 12.7 Å². The Kier molecular flexibility index (Phi) is 7.94. The molecule has 0 spiro atoms. The minimum atomic E-state index is -2.67. The lowest BCUT2D eigenvalue weighted by Crippen LogP contribution is -2.32. The summed E-state index contributed by atoms with van der Waals surface area (Å²) in [5.41, 5.74) is 9.29. The SMILES string of the molecule is COc1cccc(-c2c(C)c(C(c3ccccc3C)=S(=O)=O)c(C)n(CC(N)c3ccccc3)c2=O)c1F. The van der Waals surface area contributed by atoms with Crippen molar-refractivity contribution in [3.8, 4) is 16.9 Å². The third-order valence-electron chi connectivity index (χ3n) is 6.82. The van der Waals surface area contributed by atoms with Crippen molar-refractivity contribution in [1.29, 1.82) is 0 Å². The van der Waals surface area contributed by atoms with Gasteiger partial charge in [0.25, 0.3) is 5.56 Å². The summed E-state index contributed by atoms with van der Waals surface area (Å²) in [5, 5.41) is 0. The summed E-state index contributed by atoms with van der Waals surface area (Å²) in [5.74, 6) is -0.726. The standard InChI is InChI=1S/C30H29FN2O4S/c1-18-11-8-9-14-22(18)29(38(35)36)26-19(2)27(23-15-10-16-25(37-4)28(23)31)30(34)33(20(26)3)17-24(32)21-12-6-5-7-13-21/h5-16,24H,17,32H2,1-4H3. The molecule has 1 aromatic heterocycles. The van der Waals surface area contributed by atoms with Gasteiger partial charge in [0.1, 0.15) is 4.86 Å². The molecule has 4 aromatic rings. The van der Waals surface area contributed by atoms with Gasteiger partial charge < -0.3 is 15.0 Å². The van der Waals surface area contributed by atoms with E-state index in [0.717, 1.165) is 11.1 Å². The molecule has 4 rings (SSSR count). The van der Waals surface area contributed by atoms with Crippen LogP contribution in [0.2, 0.25) is 0 Å². The molecular weight excluding hydrogens is 503 g/mol. The third-order valence-corrected chi connectivity index (χ3v) is 7.58. The van der Waals surface area contributed by atoms with E-state index in [1.54, 1.807) is 32.0 Å². The Hall–Kier alpha value is -4.01. The molecule has 196 valence electrons. The Bertz CT molecular complexity index is 1700. The first-order chi connectivity index (χ1) is 18.2. The number of nitrogens with zero attached hydrogens (tertiary/aromatic N) is 1. The van der Waals surface area contributed by atoms with E-state index >= 15 is 4.39 Å². The van der Waals surface area contributed by atoms with Crippen molar-refractivity contribution in [3.05, 3.63) is 122 Å². The van der Waals surface area contributed by atoms with Crippen LogP contribution in [0, 0.1) is 26.6 Å². The van der Waals surface area contributed by atoms with Crippen LogP contribution in [-0.4, -0.2) is 25.0 Å². The Morgan fingerprint density at radius 2 is 1.63 bits per heavy atom. The summed E-state index contributed by atoms with van der Waals surface area (Å²) in [6.45, 7) is 5.22. The summed E-state index contributed by atoms with van der Waals surface area (Å²) >= 11 is 0. The number of halogens is 1. The molecule has 2 N–H and O–H groups in total. The normalized spacial score (nSPS) is 11.7. The number of aromatic nitrogens is 1. The maximum atomic E-state index is 15.5. The molecular formula is C30H29FN2O4S. The van der Waals surface area contributed by atoms with Gasteiger partial charge in [-0.15, -0.1) is 0 Å². The summed E-state index contributed by atoms with van der Waals surface area (Å²) in [7, 11) is -1.33. The highest BCUT2D eigenvalue weighted by atomic mass is 32.2. The molecule has 6 nitrogen and oxygen atoms in total. The summed E-state index contributed by atoms with van der Waals surface area (Å²) in [6.07, 6.45) is 0. The molecule has 0 aliphatic heterocycles. The molecule has 1 atom stereocenters. The third kappa shape index (κ3) is 4.92. The number of aryl methyl sites for hydroxylation is 1. The minimum Gasteiger partial charge on any atom is -0.494 e. The number of methoxy groups -OCH3 is 1. The van der Waals surface area contributed by atoms with Gasteiger partial charge in [-0.3, -0.25) is 4.79 Å². The van der Waals surface area contributed by atoms with Crippen LogP contribution in [0.4, 0.5) is 4.39 Å². The van der Waals surface area contributed by atoms with Crippen LogP contribution in [-0.2, 0) is 16.8 Å². The first kappa shape index (κ1) is 27.0. The highest BCUT2D eigenvalue weighted by Crippen LogP contribution is 2.32. The number of hydrogen-bond acceptors (Lipinski definition) is 5. The first-order valence-electron chi connectivity index (χ1n) is 12.1. The van der Waals surface area contributed by atoms with Gasteiger partial charge in [0, 0.05) is 35.0 Å². The second-order valence-electron chi connectivity index (χ2n) is 9.09. The number of pyridine rings is 1. The fourth-order valence-electron chi connectivity index (χ4n) is 4.85. The van der Waals surface area contributed by atoms with E-state index in [-0.39, 0.29) is 28.3 Å². The fourth-order valence-corrected chi connectivity index (χ4v) is 5.73. The van der Waals surface area contributed by atoms with E-state index in [4.69, 9.17) is 10.5 Å². The van der Waals surface area contributed by atoms with E-state index < -0.39 is 27.7 Å². The number of hydrogen-bond donors (Lipinski definition) is 1. The van der Waals surface area contributed by atoms with Gasteiger partial charge in [-0.25, -0.2) is 4.39 Å². The fraction of sp³-hybridized carbons (Fsp3) is 0.200. The van der Waals surface area contributed by atoms with Crippen molar-refractivity contribution in [3.63, 3.8) is 0 Å². The molecule has 0 fully saturated rings. The summed E-state index contributed by atoms with van der Waals surface area (Å²) in [4.78, 5) is 14.0. The smallest absolute Gasteiger partial charge is 0.259 e. The van der Waals surface area contributed by atoms with E-state index in [1.807, 2.05) is 49.4 Å². The molecule has 0 aliphatic rings. The second kappa shape index (κ2) is 11.2. The summed E-state index contributed by atoms with van der Waals surface area (Å²) in [6, 6.07) is 20.4. The summed E-state index contributed by atoms with van der Waals surface area (Å²) < 4.78 is 47.7. The van der Waals surface area contributed by atoms with Crippen LogP contribution < -0.4 is 16.0 Å². The molecule has 0 aliphatic carbocycles. The average Bonchev–Trinajstić information content (AvgIpc) is 2.91. The van der Waals surface area contributed by atoms with Crippen molar-refractivity contribution in [2.24, 2.45) is 5.73 Å². The van der Waals surface area contributed by atoms with E-state index in [9.17, 15) is 13.2 Å². The Morgan fingerprint density at radius 3 is 2.26 bits per heavy atom. The van der Waals surface area contributed by atoms with Crippen molar-refractivity contribution in [2.45, 2.75) is 33.4 Å². The molecule has 0 amide bonds. The van der Waals surface area contributed by atoms with Gasteiger partial charge >= 0.3 is 0 Å². The second-order valence-corrected chi connectivity index (χ2v) is 9.97. The maximum absolute atomic E-state index is 15.5. The molecule has 0 bridgehead atoms. The lowest BCUT2D eigenvalue weighted by molar-refractivity contribution is 0.387. The van der Waals surface area contributed by atoms with Gasteiger partial charge in [-0.05, 0) is 43.5 Å². The largest absolute Gasteiger partial charge is 0.494 e. The van der Waals surface area contributed by atoms with Crippen LogP contribution in [0.1, 0.15) is 39.6 Å². The molecule has 0 saturated carbocycles. The van der Waals surface area contributed by atoms with Crippen LogP contribution in [0.3, 0.4) is 0 Å². The quantitative estimate of drug-likeness (QED) is 0.274. The zero-order valence-corrected chi connectivity index (χ0v) is 22.5. The number of rotatable bonds is 7. The highest BCUT2D eigenvalue weighted by Gasteiger charge is 2.27. The molecule has 1 unspecified atom stereocenters. The molecule has 3 aromatic carbocycles. The number of benzene rings is 3. The zero-order chi connectivity index (χ0) is 27.6. The topological polar surface area (TPSA) is 91.4 Å². The molecule has 1 heterocycles. The van der Waals surface area contributed by atoms with Crippen LogP contribution in [0.5, 0.6) is 5.75 Å². The van der Waals surface area contributed by atoms with Crippen molar-refractivity contribution in [1.82, 2.24) is 4.57 Å². The molecule has 0 radical (unpaired) electrons. The highest BCUT2D eigenvalue weighted by molar-refractivity contribution is 7.74. The van der Waals surface area contributed by atoms with Crippen LogP contribution in [0.15, 0.2) is 77.6 Å². The molecule has 8 heteroatoms. The maximum Gasteiger partial charge on any atom is 0.259 e. The lowest BCUT2D eigenvalue weighted by atomic mass is 9.90. The van der Waals surface area contributed by atoms with E-state index in [0.29, 0.717) is 22.4 Å². The predicted octanol–water partition coefficient (Wildman–Crippen LogP) is 4.74. The Balaban J connectivity index is 2.10. The van der Waals surface area contributed by atoms with E-state index in [2.05, 4.69) is 0 Å². The predicted molar refractivity (Wildman–Crippen MR) is 149 cm³/mol. The van der Waals surface area contributed by atoms with Gasteiger partial charge in [0.2, 0.25) is 10.3 Å². The molecule has 0 saturated heterocycles. The monoisotopic (exact) mass is 532 g/mol. The Morgan fingerprint density at radius 1 is 0.974 bits per heavy atom. The Labute approximate surface area is 222 Å². The lowest BCUT2D eigenvalue weighted by Gasteiger charge is -2.23. The van der Waals surface area contributed by atoms with Gasteiger partial charge in [-0.1, -0.05) is 66.7 Å². The number of ether oxygens (including phenoxy) is 1. The van der Waals surface area contributed by atoms with Crippen LogP contribution >= 0.6 is 0 Å². The van der Waals surface area contributed by atoms with Crippen LogP contribution in [0.25, 0.3) is 11.1 Å². The zero-order valence-electron chi connectivity index (χ0n) is 21.7.